The van der Waals surface area contributed by atoms with Crippen LogP contribution in [0.25, 0.3) is 0 Å². The molecule has 110 valence electrons. The Morgan fingerprint density at radius 3 is 2.80 bits per heavy atom. The highest BCUT2D eigenvalue weighted by Gasteiger charge is 2.24. The van der Waals surface area contributed by atoms with Gasteiger partial charge in [0.25, 0.3) is 0 Å². The molecule has 1 aromatic rings. The molecule has 2 rings (SSSR count). The smallest absolute Gasteiger partial charge is 0.409 e. The van der Waals surface area contributed by atoms with E-state index in [1.165, 1.54) is 0 Å². The number of nitrogens with one attached hydrogen (secondary N) is 2. The molecule has 0 saturated carbocycles. The van der Waals surface area contributed by atoms with Gasteiger partial charge in [-0.25, -0.2) is 4.79 Å². The van der Waals surface area contributed by atoms with E-state index in [-0.39, 0.29) is 18.0 Å². The van der Waals surface area contributed by atoms with Crippen molar-refractivity contribution in [3.05, 3.63) is 24.0 Å². The van der Waals surface area contributed by atoms with Gasteiger partial charge >= 0.3 is 6.09 Å². The van der Waals surface area contributed by atoms with Gasteiger partial charge in [-0.1, -0.05) is 0 Å². The van der Waals surface area contributed by atoms with Crippen LogP contribution in [0.1, 0.15) is 25.5 Å². The molecule has 2 heterocycles. The summed E-state index contributed by atoms with van der Waals surface area (Å²) in [6.45, 7) is 3.45. The van der Waals surface area contributed by atoms with Crippen LogP contribution in [0.5, 0.6) is 0 Å². The minimum atomic E-state index is -0.260. The molecular formula is C14H21N3O3. The average molecular weight is 279 g/mol. The van der Waals surface area contributed by atoms with Gasteiger partial charge < -0.3 is 19.9 Å². The van der Waals surface area contributed by atoms with Crippen LogP contribution in [0.2, 0.25) is 0 Å². The summed E-state index contributed by atoms with van der Waals surface area (Å²) in [6, 6.07) is 3.91. The lowest BCUT2D eigenvalue weighted by molar-refractivity contribution is -0.121. The van der Waals surface area contributed by atoms with Gasteiger partial charge in [0.15, 0.2) is 0 Å². The highest BCUT2D eigenvalue weighted by Crippen LogP contribution is 2.11. The number of aromatic nitrogens is 1. The van der Waals surface area contributed by atoms with Gasteiger partial charge in [-0.2, -0.15) is 0 Å². The highest BCUT2D eigenvalue weighted by atomic mass is 16.6. The number of amides is 2. The maximum atomic E-state index is 11.9. The van der Waals surface area contributed by atoms with E-state index >= 15 is 0 Å². The summed E-state index contributed by atoms with van der Waals surface area (Å²) < 4.78 is 4.96. The molecule has 0 atom stereocenters. The summed E-state index contributed by atoms with van der Waals surface area (Å²) in [5, 5.41) is 3.01. The Morgan fingerprint density at radius 2 is 2.20 bits per heavy atom. The zero-order chi connectivity index (χ0) is 14.4. The third-order valence-electron chi connectivity index (χ3n) is 3.40. The van der Waals surface area contributed by atoms with Crippen LogP contribution in [0, 0.1) is 0 Å². The molecule has 1 aliphatic heterocycles. The molecule has 20 heavy (non-hydrogen) atoms. The van der Waals surface area contributed by atoms with Crippen molar-refractivity contribution in [3.63, 3.8) is 0 Å². The van der Waals surface area contributed by atoms with Gasteiger partial charge in [-0.05, 0) is 31.9 Å². The minimum absolute atomic E-state index is 0.0158. The first-order valence-electron chi connectivity index (χ1n) is 7.02. The summed E-state index contributed by atoms with van der Waals surface area (Å²) in [4.78, 5) is 28.1. The van der Waals surface area contributed by atoms with E-state index in [2.05, 4.69) is 10.3 Å². The lowest BCUT2D eigenvalue weighted by atomic mass is 10.1. The van der Waals surface area contributed by atoms with Gasteiger partial charge in [0, 0.05) is 31.0 Å². The van der Waals surface area contributed by atoms with Crippen LogP contribution in [0.15, 0.2) is 18.3 Å². The summed E-state index contributed by atoms with van der Waals surface area (Å²) in [6.07, 6.45) is 3.46. The van der Waals surface area contributed by atoms with Crippen molar-refractivity contribution in [2.75, 3.05) is 19.7 Å². The van der Waals surface area contributed by atoms with Crippen molar-refractivity contribution in [3.8, 4) is 0 Å². The Hall–Kier alpha value is -1.98. The Kier molecular flexibility index (Phi) is 5.03. The Bertz CT molecular complexity index is 437. The van der Waals surface area contributed by atoms with Crippen LogP contribution in [0.4, 0.5) is 4.79 Å². The number of hydrogen-bond acceptors (Lipinski definition) is 3. The lowest BCUT2D eigenvalue weighted by Crippen LogP contribution is -2.47. The lowest BCUT2D eigenvalue weighted by Gasteiger charge is -2.31. The number of carbonyl (C=O) groups is 2. The van der Waals surface area contributed by atoms with E-state index in [1.807, 2.05) is 12.1 Å². The first-order valence-corrected chi connectivity index (χ1v) is 7.02. The van der Waals surface area contributed by atoms with E-state index in [1.54, 1.807) is 18.0 Å². The molecule has 6 nitrogen and oxygen atoms in total. The van der Waals surface area contributed by atoms with E-state index in [0.717, 1.165) is 18.5 Å². The predicted molar refractivity (Wildman–Crippen MR) is 74.3 cm³/mol. The zero-order valence-electron chi connectivity index (χ0n) is 11.7. The molecule has 0 radical (unpaired) electrons. The molecule has 0 bridgehead atoms. The molecule has 1 aliphatic rings. The van der Waals surface area contributed by atoms with Crippen molar-refractivity contribution >= 4 is 12.0 Å². The number of likely N-dealkylation sites (tertiary alicyclic amines) is 1. The van der Waals surface area contributed by atoms with Crippen LogP contribution >= 0.6 is 0 Å². The largest absolute Gasteiger partial charge is 0.450 e. The third kappa shape index (κ3) is 4.01. The maximum absolute atomic E-state index is 11.9. The summed E-state index contributed by atoms with van der Waals surface area (Å²) in [7, 11) is 0. The normalized spacial score (nSPS) is 15.9. The topological polar surface area (TPSA) is 74.4 Å². The van der Waals surface area contributed by atoms with E-state index in [4.69, 9.17) is 4.74 Å². The third-order valence-corrected chi connectivity index (χ3v) is 3.40. The summed E-state index contributed by atoms with van der Waals surface area (Å²) in [5.41, 5.74) is 0.909. The van der Waals surface area contributed by atoms with Crippen molar-refractivity contribution < 1.29 is 14.3 Å². The van der Waals surface area contributed by atoms with Gasteiger partial charge in [0.05, 0.1) is 13.0 Å². The fourth-order valence-electron chi connectivity index (χ4n) is 2.35. The molecule has 2 N–H and O–H groups in total. The molecule has 1 saturated heterocycles. The van der Waals surface area contributed by atoms with E-state index in [9.17, 15) is 9.59 Å². The Labute approximate surface area is 118 Å². The number of ether oxygens (including phenoxy) is 1. The fourth-order valence-corrected chi connectivity index (χ4v) is 2.35. The zero-order valence-corrected chi connectivity index (χ0v) is 11.7. The van der Waals surface area contributed by atoms with Crippen LogP contribution in [-0.4, -0.2) is 47.6 Å². The van der Waals surface area contributed by atoms with Crippen LogP contribution < -0.4 is 5.32 Å². The molecular weight excluding hydrogens is 258 g/mol. The van der Waals surface area contributed by atoms with Crippen molar-refractivity contribution in [2.45, 2.75) is 32.2 Å². The van der Waals surface area contributed by atoms with Gasteiger partial charge in [0.2, 0.25) is 5.91 Å². The first kappa shape index (κ1) is 14.4. The summed E-state index contributed by atoms with van der Waals surface area (Å²) >= 11 is 0. The number of nitrogens with zero attached hydrogens (tertiary/aromatic N) is 1. The number of piperidine rings is 1. The van der Waals surface area contributed by atoms with Gasteiger partial charge in [-0.15, -0.1) is 0 Å². The van der Waals surface area contributed by atoms with Gasteiger partial charge in [-0.3, -0.25) is 4.79 Å². The quantitative estimate of drug-likeness (QED) is 0.872. The van der Waals surface area contributed by atoms with Crippen molar-refractivity contribution in [1.29, 1.82) is 0 Å². The monoisotopic (exact) mass is 279 g/mol. The maximum Gasteiger partial charge on any atom is 0.409 e. The van der Waals surface area contributed by atoms with E-state index in [0.29, 0.717) is 26.1 Å². The standard InChI is InChI=1S/C14H21N3O3/c1-2-20-14(19)17-8-5-11(6-9-17)16-13(18)10-12-4-3-7-15-12/h3-4,7,11,15H,2,5-6,8-10H2,1H3,(H,16,18). The first-order chi connectivity index (χ1) is 9.69. The molecule has 6 heteroatoms. The summed E-state index contributed by atoms with van der Waals surface area (Å²) in [5.74, 6) is 0.0158. The number of H-pyrrole nitrogens is 1. The molecule has 2 amide bonds. The molecule has 0 aliphatic carbocycles. The highest BCUT2D eigenvalue weighted by molar-refractivity contribution is 5.78. The average Bonchev–Trinajstić information content (AvgIpc) is 2.92. The molecule has 0 aromatic carbocycles. The Morgan fingerprint density at radius 1 is 1.45 bits per heavy atom. The number of hydrogen-bond donors (Lipinski definition) is 2. The van der Waals surface area contributed by atoms with Gasteiger partial charge in [0.1, 0.15) is 0 Å². The van der Waals surface area contributed by atoms with Crippen LogP contribution in [-0.2, 0) is 16.0 Å². The fraction of sp³-hybridized carbons (Fsp3) is 0.571. The molecule has 0 unspecified atom stereocenters. The molecule has 1 fully saturated rings. The molecule has 0 spiro atoms. The SMILES string of the molecule is CCOC(=O)N1CCC(NC(=O)Cc2ccc[nH]2)CC1. The van der Waals surface area contributed by atoms with Crippen molar-refractivity contribution in [2.24, 2.45) is 0 Å². The Balaban J connectivity index is 1.71. The number of carbonyl (C=O) groups excluding carboxylic acids is 2. The second kappa shape index (κ2) is 6.98. The number of rotatable bonds is 4. The predicted octanol–water partition coefficient (Wildman–Crippen LogP) is 1.29. The van der Waals surface area contributed by atoms with E-state index < -0.39 is 0 Å². The molecule has 1 aromatic heterocycles. The van der Waals surface area contributed by atoms with Crippen molar-refractivity contribution in [1.82, 2.24) is 15.2 Å². The second-order valence-corrected chi connectivity index (χ2v) is 4.90. The number of aromatic amines is 1. The van der Waals surface area contributed by atoms with Crippen LogP contribution in [0.3, 0.4) is 0 Å². The second-order valence-electron chi connectivity index (χ2n) is 4.90. The minimum Gasteiger partial charge on any atom is -0.450 e.